The fourth-order valence-corrected chi connectivity index (χ4v) is 8.79. The largest absolute Gasteiger partial charge is 0.318 e. The van der Waals surface area contributed by atoms with E-state index in [4.69, 9.17) is 0 Å². The number of anilines is 2. The topological polar surface area (TPSA) is 6.48 Å². The number of para-hydroxylation sites is 2. The van der Waals surface area contributed by atoms with Crippen LogP contribution in [-0.2, 0) is 5.41 Å². The van der Waals surface area contributed by atoms with Gasteiger partial charge in [0, 0.05) is 22.5 Å². The first-order valence-electron chi connectivity index (χ1n) is 14.7. The average molecular weight is 489 g/mol. The van der Waals surface area contributed by atoms with Crippen molar-refractivity contribution >= 4 is 11.4 Å². The van der Waals surface area contributed by atoms with Crippen molar-refractivity contribution in [1.82, 2.24) is 0 Å². The van der Waals surface area contributed by atoms with E-state index in [1.54, 1.807) is 11.3 Å². The van der Waals surface area contributed by atoms with Gasteiger partial charge in [0.05, 0.1) is 5.70 Å². The van der Waals surface area contributed by atoms with E-state index in [9.17, 15) is 0 Å². The maximum absolute atomic E-state index is 2.79. The molecule has 0 amide bonds. The second kappa shape index (κ2) is 9.08. The van der Waals surface area contributed by atoms with Gasteiger partial charge >= 0.3 is 0 Å². The third-order valence-corrected chi connectivity index (χ3v) is 10.2. The van der Waals surface area contributed by atoms with Gasteiger partial charge in [0.1, 0.15) is 6.17 Å². The highest BCUT2D eigenvalue weighted by molar-refractivity contribution is 5.80. The average Bonchev–Trinajstić information content (AvgIpc) is 3.65. The highest BCUT2D eigenvalue weighted by Gasteiger charge is 2.61. The Hall–Kier alpha value is -3.00. The van der Waals surface area contributed by atoms with Crippen molar-refractivity contribution in [3.8, 4) is 0 Å². The summed E-state index contributed by atoms with van der Waals surface area (Å²) < 4.78 is 0. The van der Waals surface area contributed by atoms with Crippen LogP contribution in [0.1, 0.15) is 87.6 Å². The molecule has 7 rings (SSSR count). The second-order valence-electron chi connectivity index (χ2n) is 11.9. The zero-order chi connectivity index (χ0) is 25.0. The van der Waals surface area contributed by atoms with Crippen LogP contribution in [0.3, 0.4) is 0 Å². The minimum Gasteiger partial charge on any atom is -0.318 e. The molecule has 2 nitrogen and oxygen atoms in total. The number of hydrogen-bond acceptors (Lipinski definition) is 2. The molecule has 2 atom stereocenters. The zero-order valence-corrected chi connectivity index (χ0v) is 22.5. The van der Waals surface area contributed by atoms with Crippen LogP contribution >= 0.6 is 0 Å². The van der Waals surface area contributed by atoms with Gasteiger partial charge in [0.2, 0.25) is 0 Å². The highest BCUT2D eigenvalue weighted by Crippen LogP contribution is 2.67. The molecular weight excluding hydrogens is 448 g/mol. The van der Waals surface area contributed by atoms with Gasteiger partial charge in [-0.1, -0.05) is 98.8 Å². The van der Waals surface area contributed by atoms with Crippen LogP contribution in [0.5, 0.6) is 0 Å². The fourth-order valence-electron chi connectivity index (χ4n) is 8.79. The lowest BCUT2D eigenvalue weighted by Crippen LogP contribution is -2.44. The lowest BCUT2D eigenvalue weighted by molar-refractivity contribution is 0.167. The third-order valence-electron chi connectivity index (χ3n) is 10.2. The molecule has 2 aliphatic carbocycles. The molecule has 0 aromatic heterocycles. The summed E-state index contributed by atoms with van der Waals surface area (Å²) in [6.45, 7) is 4.72. The van der Waals surface area contributed by atoms with E-state index in [0.717, 1.165) is 11.8 Å². The summed E-state index contributed by atoms with van der Waals surface area (Å²) in [7, 11) is 0. The Kier molecular flexibility index (Phi) is 5.68. The SMILES string of the molecule is CC1=C2N(c3ccccc3C2(C2CCCCC2)C2CCCC2)C(c2ccccc2)N1c1ccccc1C. The van der Waals surface area contributed by atoms with Crippen LogP contribution in [0.25, 0.3) is 0 Å². The molecule has 4 aliphatic rings. The summed E-state index contributed by atoms with van der Waals surface area (Å²) in [4.78, 5) is 5.47. The van der Waals surface area contributed by atoms with Crippen LogP contribution in [-0.4, -0.2) is 0 Å². The molecule has 2 aliphatic heterocycles. The Morgan fingerprint density at radius 1 is 0.595 bits per heavy atom. The number of rotatable bonds is 4. The zero-order valence-electron chi connectivity index (χ0n) is 22.5. The van der Waals surface area contributed by atoms with Gasteiger partial charge in [-0.3, -0.25) is 0 Å². The number of hydrogen-bond donors (Lipinski definition) is 0. The van der Waals surface area contributed by atoms with Crippen molar-refractivity contribution in [2.75, 3.05) is 9.80 Å². The van der Waals surface area contributed by atoms with E-state index in [1.165, 1.54) is 86.0 Å². The van der Waals surface area contributed by atoms with Crippen molar-refractivity contribution in [1.29, 1.82) is 0 Å². The monoisotopic (exact) mass is 488 g/mol. The third kappa shape index (κ3) is 3.30. The summed E-state index contributed by atoms with van der Waals surface area (Å²) >= 11 is 0. The number of aryl methyl sites for hydroxylation is 1. The minimum atomic E-state index is 0.127. The number of fused-ring (bicyclic) bond motifs is 3. The van der Waals surface area contributed by atoms with E-state index in [2.05, 4.69) is 103 Å². The van der Waals surface area contributed by atoms with E-state index in [-0.39, 0.29) is 11.6 Å². The number of allylic oxidation sites excluding steroid dienone is 2. The van der Waals surface area contributed by atoms with E-state index < -0.39 is 0 Å². The molecule has 0 bridgehead atoms. The molecule has 2 heterocycles. The van der Waals surface area contributed by atoms with Gasteiger partial charge in [0.25, 0.3) is 0 Å². The predicted molar refractivity (Wildman–Crippen MR) is 155 cm³/mol. The standard InChI is InChI=1S/C35H40N2/c1-25-15-9-13-23-31(25)36-26(2)33-35(29-20-10-11-21-29,28-18-7-4-8-19-28)30-22-12-14-24-32(30)37(33)34(36)27-16-5-3-6-17-27/h3,5-6,9,12-17,22-24,28-29,34H,4,7-8,10-11,18-21H2,1-2H3. The first-order chi connectivity index (χ1) is 18.2. The molecule has 2 saturated carbocycles. The minimum absolute atomic E-state index is 0.127. The molecule has 0 radical (unpaired) electrons. The van der Waals surface area contributed by atoms with E-state index >= 15 is 0 Å². The first kappa shape index (κ1) is 23.1. The molecular formula is C35H40N2. The normalized spacial score (nSPS) is 26.2. The van der Waals surface area contributed by atoms with Crippen molar-refractivity contribution in [2.45, 2.75) is 83.2 Å². The predicted octanol–water partition coefficient (Wildman–Crippen LogP) is 9.27. The van der Waals surface area contributed by atoms with Gasteiger partial charge in [0.15, 0.2) is 0 Å². The van der Waals surface area contributed by atoms with E-state index in [0.29, 0.717) is 0 Å². The Balaban J connectivity index is 1.53. The van der Waals surface area contributed by atoms with Crippen LogP contribution in [0, 0.1) is 18.8 Å². The molecule has 0 saturated heterocycles. The molecule has 3 aromatic rings. The van der Waals surface area contributed by atoms with Crippen molar-refractivity contribution < 1.29 is 0 Å². The maximum Gasteiger partial charge on any atom is 0.136 e. The van der Waals surface area contributed by atoms with Gasteiger partial charge in [-0.15, -0.1) is 0 Å². The Morgan fingerprint density at radius 3 is 1.84 bits per heavy atom. The quantitative estimate of drug-likeness (QED) is 0.361. The van der Waals surface area contributed by atoms with Crippen LogP contribution in [0.15, 0.2) is 90.3 Å². The fraction of sp³-hybridized carbons (Fsp3) is 0.429. The summed E-state index contributed by atoms with van der Waals surface area (Å²) in [5.41, 5.74) is 10.4. The van der Waals surface area contributed by atoms with Gasteiger partial charge in [-0.2, -0.15) is 0 Å². The lowest BCUT2D eigenvalue weighted by Gasteiger charge is -2.46. The second-order valence-corrected chi connectivity index (χ2v) is 11.9. The maximum atomic E-state index is 2.79. The molecule has 2 fully saturated rings. The Labute approximate surface area is 223 Å². The lowest BCUT2D eigenvalue weighted by atomic mass is 9.57. The van der Waals surface area contributed by atoms with Gasteiger partial charge < -0.3 is 9.80 Å². The van der Waals surface area contributed by atoms with Crippen LogP contribution in [0.4, 0.5) is 11.4 Å². The van der Waals surface area contributed by atoms with Crippen molar-refractivity contribution in [3.05, 3.63) is 107 Å². The van der Waals surface area contributed by atoms with Crippen LogP contribution in [0.2, 0.25) is 0 Å². The summed E-state index contributed by atoms with van der Waals surface area (Å²) in [5.74, 6) is 1.47. The molecule has 3 aromatic carbocycles. The molecule has 2 unspecified atom stereocenters. The van der Waals surface area contributed by atoms with E-state index in [1.807, 2.05) is 0 Å². The molecule has 190 valence electrons. The number of benzene rings is 3. The number of nitrogens with zero attached hydrogens (tertiary/aromatic N) is 2. The Morgan fingerprint density at radius 2 is 1.16 bits per heavy atom. The summed E-state index contributed by atoms with van der Waals surface area (Å²) in [6.07, 6.45) is 12.6. The van der Waals surface area contributed by atoms with Gasteiger partial charge in [-0.05, 0) is 80.2 Å². The summed E-state index contributed by atoms with van der Waals surface area (Å²) in [6, 6.07) is 29.8. The Bertz CT molecular complexity index is 1310. The van der Waals surface area contributed by atoms with Gasteiger partial charge in [-0.25, -0.2) is 0 Å². The van der Waals surface area contributed by atoms with Crippen molar-refractivity contribution in [2.24, 2.45) is 11.8 Å². The highest BCUT2D eigenvalue weighted by atomic mass is 15.4. The first-order valence-corrected chi connectivity index (χ1v) is 14.7. The molecule has 0 N–H and O–H groups in total. The van der Waals surface area contributed by atoms with Crippen LogP contribution < -0.4 is 9.80 Å². The smallest absolute Gasteiger partial charge is 0.136 e. The van der Waals surface area contributed by atoms with Crippen molar-refractivity contribution in [3.63, 3.8) is 0 Å². The molecule has 37 heavy (non-hydrogen) atoms. The molecule has 0 spiro atoms. The summed E-state index contributed by atoms with van der Waals surface area (Å²) in [5, 5.41) is 0. The molecule has 2 heteroatoms.